The highest BCUT2D eigenvalue weighted by Gasteiger charge is 2.08. The topological polar surface area (TPSA) is 51.2 Å². The number of hydrogen-bond acceptors (Lipinski definition) is 4. The smallest absolute Gasteiger partial charge is 0.229 e. The Morgan fingerprint density at radius 1 is 1.25 bits per heavy atom. The molecule has 20 heavy (non-hydrogen) atoms. The van der Waals surface area contributed by atoms with Gasteiger partial charge in [0.25, 0.3) is 0 Å². The minimum Gasteiger partial charge on any atom is -0.493 e. The number of aromatic nitrogens is 1. The van der Waals surface area contributed by atoms with E-state index in [2.05, 4.69) is 10.3 Å². The molecule has 1 amide bonds. The SMILES string of the molecule is Cc1ccc(OCCC(=O)Nc2nc(C)c(C)s2)cc1. The second-order valence-electron chi connectivity index (χ2n) is 4.62. The summed E-state index contributed by atoms with van der Waals surface area (Å²) in [5, 5.41) is 3.44. The van der Waals surface area contributed by atoms with Crippen molar-refractivity contribution in [1.82, 2.24) is 4.98 Å². The van der Waals surface area contributed by atoms with Crippen LogP contribution in [0, 0.1) is 20.8 Å². The number of aryl methyl sites for hydroxylation is 3. The summed E-state index contributed by atoms with van der Waals surface area (Å²) in [5.74, 6) is 0.704. The first-order valence-electron chi connectivity index (χ1n) is 6.48. The fraction of sp³-hybridized carbons (Fsp3) is 0.333. The number of hydrogen-bond donors (Lipinski definition) is 1. The van der Waals surface area contributed by atoms with Gasteiger partial charge < -0.3 is 10.1 Å². The standard InChI is InChI=1S/C15H18N2O2S/c1-10-4-6-13(7-5-10)19-9-8-14(18)17-15-16-11(2)12(3)20-15/h4-7H,8-9H2,1-3H3,(H,16,17,18). The molecule has 2 aromatic rings. The lowest BCUT2D eigenvalue weighted by molar-refractivity contribution is -0.116. The van der Waals surface area contributed by atoms with Gasteiger partial charge in [-0.05, 0) is 32.9 Å². The molecule has 1 aromatic carbocycles. The van der Waals surface area contributed by atoms with E-state index >= 15 is 0 Å². The number of nitrogens with zero attached hydrogens (tertiary/aromatic N) is 1. The van der Waals surface area contributed by atoms with Crippen LogP contribution in [0.15, 0.2) is 24.3 Å². The van der Waals surface area contributed by atoms with E-state index in [0.717, 1.165) is 16.3 Å². The molecule has 0 atom stereocenters. The molecule has 0 saturated heterocycles. The van der Waals surface area contributed by atoms with Gasteiger partial charge in [-0.2, -0.15) is 0 Å². The van der Waals surface area contributed by atoms with Gasteiger partial charge in [-0.3, -0.25) is 4.79 Å². The van der Waals surface area contributed by atoms with Crippen LogP contribution in [0.4, 0.5) is 5.13 Å². The van der Waals surface area contributed by atoms with Crippen molar-refractivity contribution in [3.63, 3.8) is 0 Å². The first kappa shape index (κ1) is 14.5. The van der Waals surface area contributed by atoms with Crippen LogP contribution in [-0.4, -0.2) is 17.5 Å². The Labute approximate surface area is 122 Å². The largest absolute Gasteiger partial charge is 0.493 e. The maximum absolute atomic E-state index is 11.8. The first-order chi connectivity index (χ1) is 9.54. The van der Waals surface area contributed by atoms with E-state index in [0.29, 0.717) is 18.2 Å². The number of benzene rings is 1. The van der Waals surface area contributed by atoms with E-state index in [1.165, 1.54) is 16.9 Å². The molecule has 0 bridgehead atoms. The zero-order valence-electron chi connectivity index (χ0n) is 11.9. The van der Waals surface area contributed by atoms with Gasteiger partial charge in [-0.1, -0.05) is 17.7 Å². The average molecular weight is 290 g/mol. The summed E-state index contributed by atoms with van der Waals surface area (Å²) in [5.41, 5.74) is 2.14. The molecule has 0 saturated carbocycles. The fourth-order valence-electron chi connectivity index (χ4n) is 1.60. The van der Waals surface area contributed by atoms with Crippen LogP contribution in [0.5, 0.6) is 5.75 Å². The molecule has 0 fully saturated rings. The number of amides is 1. The van der Waals surface area contributed by atoms with Crippen molar-refractivity contribution in [1.29, 1.82) is 0 Å². The molecule has 1 N–H and O–H groups in total. The van der Waals surface area contributed by atoms with Crippen LogP contribution >= 0.6 is 11.3 Å². The number of carbonyl (C=O) groups excluding carboxylic acids is 1. The summed E-state index contributed by atoms with van der Waals surface area (Å²) in [6.45, 7) is 6.30. The second kappa shape index (κ2) is 6.52. The molecule has 0 spiro atoms. The van der Waals surface area contributed by atoms with Gasteiger partial charge in [-0.15, -0.1) is 11.3 Å². The van der Waals surface area contributed by atoms with Crippen molar-refractivity contribution >= 4 is 22.4 Å². The van der Waals surface area contributed by atoms with Crippen LogP contribution in [0.2, 0.25) is 0 Å². The monoisotopic (exact) mass is 290 g/mol. The molecule has 0 aliphatic rings. The van der Waals surface area contributed by atoms with Gasteiger partial charge in [0.1, 0.15) is 5.75 Å². The Hall–Kier alpha value is -1.88. The summed E-state index contributed by atoms with van der Waals surface area (Å²) in [6, 6.07) is 7.77. The Kier molecular flexibility index (Phi) is 4.74. The molecular formula is C15H18N2O2S. The molecule has 2 rings (SSSR count). The molecule has 1 aromatic heterocycles. The molecular weight excluding hydrogens is 272 g/mol. The number of nitrogens with one attached hydrogen (secondary N) is 1. The van der Waals surface area contributed by atoms with Crippen LogP contribution < -0.4 is 10.1 Å². The van der Waals surface area contributed by atoms with Crippen LogP contribution in [0.1, 0.15) is 22.6 Å². The molecule has 0 unspecified atom stereocenters. The van der Waals surface area contributed by atoms with E-state index < -0.39 is 0 Å². The summed E-state index contributed by atoms with van der Waals surface area (Å²) in [6.07, 6.45) is 0.311. The fourth-order valence-corrected chi connectivity index (χ4v) is 2.43. The van der Waals surface area contributed by atoms with Gasteiger partial charge in [0.15, 0.2) is 5.13 Å². The zero-order chi connectivity index (χ0) is 14.5. The zero-order valence-corrected chi connectivity index (χ0v) is 12.7. The lowest BCUT2D eigenvalue weighted by Crippen LogP contribution is -2.15. The van der Waals surface area contributed by atoms with Crippen molar-refractivity contribution in [2.24, 2.45) is 0 Å². The van der Waals surface area contributed by atoms with Crippen molar-refractivity contribution in [3.8, 4) is 5.75 Å². The molecule has 1 heterocycles. The minimum atomic E-state index is -0.0779. The molecule has 0 radical (unpaired) electrons. The quantitative estimate of drug-likeness (QED) is 0.917. The van der Waals surface area contributed by atoms with E-state index in [1.54, 1.807) is 0 Å². The predicted octanol–water partition coefficient (Wildman–Crippen LogP) is 3.48. The lowest BCUT2D eigenvalue weighted by atomic mass is 10.2. The Balaban J connectivity index is 1.76. The van der Waals surface area contributed by atoms with Crippen molar-refractivity contribution in [3.05, 3.63) is 40.4 Å². The number of ether oxygens (including phenoxy) is 1. The number of thiazole rings is 1. The number of anilines is 1. The minimum absolute atomic E-state index is 0.0779. The molecule has 5 heteroatoms. The van der Waals surface area contributed by atoms with E-state index in [1.807, 2.05) is 45.0 Å². The van der Waals surface area contributed by atoms with E-state index in [9.17, 15) is 4.79 Å². The number of rotatable bonds is 5. The summed E-state index contributed by atoms with van der Waals surface area (Å²) in [4.78, 5) is 17.1. The second-order valence-corrected chi connectivity index (χ2v) is 5.82. The van der Waals surface area contributed by atoms with Gasteiger partial charge in [-0.25, -0.2) is 4.98 Å². The van der Waals surface area contributed by atoms with Gasteiger partial charge in [0, 0.05) is 4.88 Å². The molecule has 0 aliphatic heterocycles. The highest BCUT2D eigenvalue weighted by molar-refractivity contribution is 7.15. The molecule has 0 aliphatic carbocycles. The lowest BCUT2D eigenvalue weighted by Gasteiger charge is -2.06. The Bertz CT molecular complexity index is 571. The number of carbonyl (C=O) groups is 1. The van der Waals surface area contributed by atoms with Crippen molar-refractivity contribution in [2.75, 3.05) is 11.9 Å². The van der Waals surface area contributed by atoms with Crippen LogP contribution in [-0.2, 0) is 4.79 Å². The van der Waals surface area contributed by atoms with Crippen molar-refractivity contribution in [2.45, 2.75) is 27.2 Å². The highest BCUT2D eigenvalue weighted by Crippen LogP contribution is 2.21. The summed E-state index contributed by atoms with van der Waals surface area (Å²) in [7, 11) is 0. The Morgan fingerprint density at radius 3 is 2.55 bits per heavy atom. The van der Waals surface area contributed by atoms with E-state index in [4.69, 9.17) is 4.74 Å². The van der Waals surface area contributed by atoms with Crippen LogP contribution in [0.3, 0.4) is 0 Å². The van der Waals surface area contributed by atoms with Crippen LogP contribution in [0.25, 0.3) is 0 Å². The third kappa shape index (κ3) is 4.06. The summed E-state index contributed by atoms with van der Waals surface area (Å²) < 4.78 is 5.52. The first-order valence-corrected chi connectivity index (χ1v) is 7.29. The third-order valence-electron chi connectivity index (χ3n) is 2.89. The maximum atomic E-state index is 11.8. The van der Waals surface area contributed by atoms with E-state index in [-0.39, 0.29) is 5.91 Å². The van der Waals surface area contributed by atoms with Gasteiger partial charge in [0.2, 0.25) is 5.91 Å². The van der Waals surface area contributed by atoms with Crippen molar-refractivity contribution < 1.29 is 9.53 Å². The van der Waals surface area contributed by atoms with Gasteiger partial charge in [0.05, 0.1) is 18.7 Å². The Morgan fingerprint density at radius 2 is 1.95 bits per heavy atom. The third-order valence-corrected chi connectivity index (χ3v) is 3.88. The normalized spacial score (nSPS) is 10.3. The summed E-state index contributed by atoms with van der Waals surface area (Å²) >= 11 is 1.49. The maximum Gasteiger partial charge on any atom is 0.229 e. The highest BCUT2D eigenvalue weighted by atomic mass is 32.1. The average Bonchev–Trinajstić information content (AvgIpc) is 2.70. The molecule has 106 valence electrons. The predicted molar refractivity (Wildman–Crippen MR) is 81.5 cm³/mol. The molecule has 4 nitrogen and oxygen atoms in total. The van der Waals surface area contributed by atoms with Gasteiger partial charge >= 0.3 is 0 Å².